The van der Waals surface area contributed by atoms with Gasteiger partial charge in [0.25, 0.3) is 5.91 Å². The smallest absolute Gasteiger partial charge is 0.325 e. The first-order valence-electron chi connectivity index (χ1n) is 9.24. The van der Waals surface area contributed by atoms with Gasteiger partial charge >= 0.3 is 5.97 Å². The Morgan fingerprint density at radius 1 is 1.07 bits per heavy atom. The number of fused-ring (bicyclic) bond motifs is 1. The van der Waals surface area contributed by atoms with E-state index in [9.17, 15) is 18.0 Å². The molecule has 0 aromatic heterocycles. The summed E-state index contributed by atoms with van der Waals surface area (Å²) in [5, 5.41) is 0. The van der Waals surface area contributed by atoms with Crippen LogP contribution in [0.15, 0.2) is 54.6 Å². The molecule has 0 fully saturated rings. The summed E-state index contributed by atoms with van der Waals surface area (Å²) in [5.41, 5.74) is 2.73. The van der Waals surface area contributed by atoms with E-state index < -0.39 is 28.6 Å². The molecule has 154 valence electrons. The normalized spacial score (nSPS) is 16.7. The molecule has 0 N–H and O–H groups in total. The molecule has 2 aromatic rings. The minimum atomic E-state index is -3.62. The van der Waals surface area contributed by atoms with Gasteiger partial charge in [-0.15, -0.1) is 0 Å². The molecule has 7 nitrogen and oxygen atoms in total. The van der Waals surface area contributed by atoms with Crippen LogP contribution in [0, 0.1) is 0 Å². The molecule has 0 saturated heterocycles. The van der Waals surface area contributed by atoms with E-state index in [1.54, 1.807) is 7.05 Å². The van der Waals surface area contributed by atoms with Crippen molar-refractivity contribution in [1.29, 1.82) is 0 Å². The number of sulfonamides is 1. The van der Waals surface area contributed by atoms with Crippen LogP contribution < -0.4 is 0 Å². The summed E-state index contributed by atoms with van der Waals surface area (Å²) in [6, 6.07) is 15.9. The molecule has 3 rings (SSSR count). The Morgan fingerprint density at radius 3 is 2.34 bits per heavy atom. The van der Waals surface area contributed by atoms with Gasteiger partial charge in [0.15, 0.2) is 6.61 Å². The Hall–Kier alpha value is -2.71. The average molecular weight is 416 g/mol. The molecule has 29 heavy (non-hydrogen) atoms. The van der Waals surface area contributed by atoms with Crippen LogP contribution in [0.25, 0.3) is 0 Å². The van der Waals surface area contributed by atoms with Crippen LogP contribution in [0.5, 0.6) is 0 Å². The highest BCUT2D eigenvalue weighted by molar-refractivity contribution is 7.88. The Labute approximate surface area is 170 Å². The maximum Gasteiger partial charge on any atom is 0.325 e. The summed E-state index contributed by atoms with van der Waals surface area (Å²) in [7, 11) is -1.99. The largest absolute Gasteiger partial charge is 0.454 e. The molecule has 2 aromatic carbocycles. The molecular weight excluding hydrogens is 392 g/mol. The third-order valence-electron chi connectivity index (χ3n) is 4.93. The van der Waals surface area contributed by atoms with Crippen molar-refractivity contribution in [2.45, 2.75) is 25.6 Å². The minimum absolute atomic E-state index is 0.108. The van der Waals surface area contributed by atoms with E-state index in [0.717, 1.165) is 27.3 Å². The van der Waals surface area contributed by atoms with Crippen LogP contribution in [0.1, 0.15) is 16.7 Å². The third-order valence-corrected chi connectivity index (χ3v) is 6.17. The number of hydrogen-bond donors (Lipinski definition) is 0. The fourth-order valence-corrected chi connectivity index (χ4v) is 4.33. The summed E-state index contributed by atoms with van der Waals surface area (Å²) in [6.07, 6.45) is 1.29. The van der Waals surface area contributed by atoms with Crippen molar-refractivity contribution in [2.75, 3.05) is 19.9 Å². The molecule has 0 unspecified atom stereocenters. The molecule has 0 aliphatic carbocycles. The molecule has 1 atom stereocenters. The number of ether oxygens (including phenoxy) is 1. The highest BCUT2D eigenvalue weighted by atomic mass is 32.2. The molecule has 1 aliphatic rings. The first kappa shape index (κ1) is 21.0. The zero-order valence-electron chi connectivity index (χ0n) is 16.4. The predicted molar refractivity (Wildman–Crippen MR) is 108 cm³/mol. The second-order valence-corrected chi connectivity index (χ2v) is 9.08. The van der Waals surface area contributed by atoms with E-state index in [-0.39, 0.29) is 18.9 Å². The summed E-state index contributed by atoms with van der Waals surface area (Å²) >= 11 is 0. The standard InChI is InChI=1S/C21H24N2O5S/c1-22(13-16-8-4-3-5-9-16)20(24)15-28-21(25)19-12-17-10-6-7-11-18(17)14-23(19)29(2,26)27/h3-11,19H,12-15H2,1-2H3/t19-/m0/s1. The molecule has 0 bridgehead atoms. The molecule has 0 radical (unpaired) electrons. The summed E-state index contributed by atoms with van der Waals surface area (Å²) in [4.78, 5) is 26.4. The maximum absolute atomic E-state index is 12.7. The number of nitrogens with zero attached hydrogens (tertiary/aromatic N) is 2. The monoisotopic (exact) mass is 416 g/mol. The van der Waals surface area contributed by atoms with E-state index in [2.05, 4.69) is 0 Å². The lowest BCUT2D eigenvalue weighted by atomic mass is 9.96. The maximum atomic E-state index is 12.7. The highest BCUT2D eigenvalue weighted by Gasteiger charge is 2.38. The van der Waals surface area contributed by atoms with E-state index in [1.807, 2.05) is 54.6 Å². The van der Waals surface area contributed by atoms with Crippen molar-refractivity contribution in [2.24, 2.45) is 0 Å². The molecule has 8 heteroatoms. The number of esters is 1. The van der Waals surface area contributed by atoms with Gasteiger partial charge in [-0.25, -0.2) is 8.42 Å². The number of carbonyl (C=O) groups excluding carboxylic acids is 2. The van der Waals surface area contributed by atoms with Gasteiger partial charge in [0.1, 0.15) is 6.04 Å². The number of benzene rings is 2. The SMILES string of the molecule is CN(Cc1ccccc1)C(=O)COC(=O)[C@@H]1Cc2ccccc2CN1S(C)(=O)=O. The number of hydrogen-bond acceptors (Lipinski definition) is 5. The molecule has 0 spiro atoms. The van der Waals surface area contributed by atoms with Gasteiger partial charge < -0.3 is 9.64 Å². The van der Waals surface area contributed by atoms with Crippen molar-refractivity contribution >= 4 is 21.9 Å². The molecular formula is C21H24N2O5S. The summed E-state index contributed by atoms with van der Waals surface area (Å²) in [5.74, 6) is -1.07. The van der Waals surface area contributed by atoms with Crippen LogP contribution >= 0.6 is 0 Å². The minimum Gasteiger partial charge on any atom is -0.454 e. The molecule has 1 heterocycles. The lowest BCUT2D eigenvalue weighted by Gasteiger charge is -2.33. The Balaban J connectivity index is 1.65. The zero-order chi connectivity index (χ0) is 21.0. The fourth-order valence-electron chi connectivity index (χ4n) is 3.33. The van der Waals surface area contributed by atoms with Gasteiger partial charge in [0.05, 0.1) is 6.26 Å². The van der Waals surface area contributed by atoms with E-state index in [0.29, 0.717) is 6.54 Å². The second kappa shape index (κ2) is 8.75. The lowest BCUT2D eigenvalue weighted by molar-refractivity contribution is -0.155. The average Bonchev–Trinajstić information content (AvgIpc) is 2.70. The second-order valence-electron chi connectivity index (χ2n) is 7.14. The van der Waals surface area contributed by atoms with Crippen LogP contribution in [0.3, 0.4) is 0 Å². The number of rotatable bonds is 6. The van der Waals surface area contributed by atoms with Gasteiger partial charge in [-0.1, -0.05) is 54.6 Å². The first-order chi connectivity index (χ1) is 13.8. The molecule has 1 amide bonds. The van der Waals surface area contributed by atoms with E-state index >= 15 is 0 Å². The van der Waals surface area contributed by atoms with Crippen molar-refractivity contribution in [3.05, 3.63) is 71.3 Å². The summed E-state index contributed by atoms with van der Waals surface area (Å²) < 4.78 is 30.7. The first-order valence-corrected chi connectivity index (χ1v) is 11.1. The van der Waals surface area contributed by atoms with Gasteiger partial charge in [-0.05, 0) is 16.7 Å². The van der Waals surface area contributed by atoms with Crippen molar-refractivity contribution < 1.29 is 22.7 Å². The van der Waals surface area contributed by atoms with Crippen molar-refractivity contribution in [1.82, 2.24) is 9.21 Å². The van der Waals surface area contributed by atoms with E-state index in [1.165, 1.54) is 4.90 Å². The molecule has 1 aliphatic heterocycles. The topological polar surface area (TPSA) is 84.0 Å². The third kappa shape index (κ3) is 5.21. The van der Waals surface area contributed by atoms with Crippen LogP contribution in [-0.4, -0.2) is 55.5 Å². The lowest BCUT2D eigenvalue weighted by Crippen LogP contribution is -2.49. The molecule has 0 saturated carbocycles. The highest BCUT2D eigenvalue weighted by Crippen LogP contribution is 2.26. The van der Waals surface area contributed by atoms with Crippen LogP contribution in [-0.2, 0) is 43.9 Å². The number of carbonyl (C=O) groups is 2. The van der Waals surface area contributed by atoms with Crippen LogP contribution in [0.2, 0.25) is 0 Å². The predicted octanol–water partition coefficient (Wildman–Crippen LogP) is 1.57. The Morgan fingerprint density at radius 2 is 1.69 bits per heavy atom. The van der Waals surface area contributed by atoms with Crippen molar-refractivity contribution in [3.63, 3.8) is 0 Å². The van der Waals surface area contributed by atoms with Gasteiger partial charge in [0.2, 0.25) is 10.0 Å². The van der Waals surface area contributed by atoms with Gasteiger partial charge in [-0.3, -0.25) is 9.59 Å². The van der Waals surface area contributed by atoms with Gasteiger partial charge in [0, 0.05) is 26.6 Å². The summed E-state index contributed by atoms with van der Waals surface area (Å²) in [6.45, 7) is 0.0675. The Bertz CT molecular complexity index is 991. The Kier molecular flexibility index (Phi) is 6.34. The van der Waals surface area contributed by atoms with Crippen LogP contribution in [0.4, 0.5) is 0 Å². The van der Waals surface area contributed by atoms with Gasteiger partial charge in [-0.2, -0.15) is 4.31 Å². The number of amides is 1. The zero-order valence-corrected chi connectivity index (χ0v) is 17.3. The van der Waals surface area contributed by atoms with E-state index in [4.69, 9.17) is 4.74 Å². The van der Waals surface area contributed by atoms with Crippen molar-refractivity contribution in [3.8, 4) is 0 Å². The number of likely N-dealkylation sites (N-methyl/N-ethyl adjacent to an activating group) is 1. The quantitative estimate of drug-likeness (QED) is 0.668. The fraction of sp³-hybridized carbons (Fsp3) is 0.333.